The topological polar surface area (TPSA) is 82.3 Å². The summed E-state index contributed by atoms with van der Waals surface area (Å²) in [5.41, 5.74) is 1.39. The normalized spacial score (nSPS) is 16.1. The molecule has 0 aromatic heterocycles. The van der Waals surface area contributed by atoms with Gasteiger partial charge in [-0.05, 0) is 43.7 Å². The first kappa shape index (κ1) is 19.0. The van der Waals surface area contributed by atoms with Crippen LogP contribution in [0.3, 0.4) is 0 Å². The van der Waals surface area contributed by atoms with Gasteiger partial charge in [0.15, 0.2) is 0 Å². The van der Waals surface area contributed by atoms with Gasteiger partial charge in [-0.25, -0.2) is 4.79 Å². The zero-order valence-corrected chi connectivity index (χ0v) is 13.7. The van der Waals surface area contributed by atoms with Crippen molar-refractivity contribution in [2.45, 2.75) is 25.3 Å². The minimum absolute atomic E-state index is 0. The highest BCUT2D eigenvalue weighted by Gasteiger charge is 2.17. The van der Waals surface area contributed by atoms with Crippen molar-refractivity contribution in [2.75, 3.05) is 23.7 Å². The highest BCUT2D eigenvalue weighted by Crippen LogP contribution is 2.15. The number of anilines is 2. The maximum absolute atomic E-state index is 11.9. The molecule has 0 aliphatic carbocycles. The molecule has 0 bridgehead atoms. The van der Waals surface area contributed by atoms with Crippen molar-refractivity contribution in [3.05, 3.63) is 36.9 Å². The first-order chi connectivity index (χ1) is 10.7. The second-order valence-corrected chi connectivity index (χ2v) is 5.25. The molecule has 1 heterocycles. The van der Waals surface area contributed by atoms with Crippen LogP contribution in [0.2, 0.25) is 0 Å². The second-order valence-electron chi connectivity index (χ2n) is 5.25. The molecule has 1 aromatic rings. The lowest BCUT2D eigenvalue weighted by molar-refractivity contribution is -0.116. The van der Waals surface area contributed by atoms with Gasteiger partial charge < -0.3 is 21.3 Å². The molecular weight excluding hydrogens is 316 g/mol. The molecular formula is C16H23ClN4O2. The Hall–Kier alpha value is -2.05. The van der Waals surface area contributed by atoms with E-state index in [2.05, 4.69) is 27.8 Å². The first-order valence-electron chi connectivity index (χ1n) is 7.46. The number of rotatable bonds is 6. The van der Waals surface area contributed by atoms with Crippen molar-refractivity contribution >= 4 is 35.7 Å². The SMILES string of the molecule is C=CCNC(=O)Nc1ccc(NC(=O)CC2CCCN2)cc1.Cl. The summed E-state index contributed by atoms with van der Waals surface area (Å²) in [7, 11) is 0. The summed E-state index contributed by atoms with van der Waals surface area (Å²) in [5, 5.41) is 11.5. The minimum atomic E-state index is -0.288. The number of amides is 3. The Bertz CT molecular complexity index is 527. The number of carbonyl (C=O) groups is 2. The van der Waals surface area contributed by atoms with Crippen LogP contribution in [0.4, 0.5) is 16.2 Å². The fourth-order valence-electron chi connectivity index (χ4n) is 2.34. The van der Waals surface area contributed by atoms with Crippen LogP contribution in [0, 0.1) is 0 Å². The molecule has 126 valence electrons. The fourth-order valence-corrected chi connectivity index (χ4v) is 2.34. The number of benzene rings is 1. The molecule has 1 fully saturated rings. The average molecular weight is 339 g/mol. The lowest BCUT2D eigenvalue weighted by atomic mass is 10.1. The van der Waals surface area contributed by atoms with E-state index in [1.165, 1.54) is 0 Å². The van der Waals surface area contributed by atoms with Crippen LogP contribution in [-0.4, -0.2) is 31.1 Å². The zero-order valence-electron chi connectivity index (χ0n) is 12.9. The van der Waals surface area contributed by atoms with E-state index in [0.29, 0.717) is 18.7 Å². The lowest BCUT2D eigenvalue weighted by Crippen LogP contribution is -2.28. The Balaban J connectivity index is 0.00000264. The van der Waals surface area contributed by atoms with Gasteiger partial charge in [0, 0.05) is 30.4 Å². The van der Waals surface area contributed by atoms with Crippen molar-refractivity contribution in [2.24, 2.45) is 0 Å². The van der Waals surface area contributed by atoms with Crippen LogP contribution in [0.1, 0.15) is 19.3 Å². The highest BCUT2D eigenvalue weighted by molar-refractivity contribution is 5.92. The van der Waals surface area contributed by atoms with Crippen LogP contribution in [0.5, 0.6) is 0 Å². The number of hydrogen-bond donors (Lipinski definition) is 4. The predicted molar refractivity (Wildman–Crippen MR) is 95.2 cm³/mol. The van der Waals surface area contributed by atoms with E-state index in [4.69, 9.17) is 0 Å². The van der Waals surface area contributed by atoms with Gasteiger partial charge in [0.1, 0.15) is 0 Å². The number of nitrogens with one attached hydrogen (secondary N) is 4. The Morgan fingerprint density at radius 3 is 2.43 bits per heavy atom. The van der Waals surface area contributed by atoms with E-state index < -0.39 is 0 Å². The average Bonchev–Trinajstić information content (AvgIpc) is 3.00. The zero-order chi connectivity index (χ0) is 15.8. The molecule has 3 amide bonds. The summed E-state index contributed by atoms with van der Waals surface area (Å²) >= 11 is 0. The molecule has 1 unspecified atom stereocenters. The molecule has 2 rings (SSSR count). The van der Waals surface area contributed by atoms with Crippen LogP contribution in [-0.2, 0) is 4.79 Å². The summed E-state index contributed by atoms with van der Waals surface area (Å²) < 4.78 is 0. The fraction of sp³-hybridized carbons (Fsp3) is 0.375. The maximum atomic E-state index is 11.9. The van der Waals surface area contributed by atoms with Gasteiger partial charge in [-0.1, -0.05) is 6.08 Å². The number of hydrogen-bond acceptors (Lipinski definition) is 3. The van der Waals surface area contributed by atoms with Crippen molar-refractivity contribution in [1.29, 1.82) is 0 Å². The van der Waals surface area contributed by atoms with Crippen LogP contribution in [0.25, 0.3) is 0 Å². The third-order valence-electron chi connectivity index (χ3n) is 3.43. The van der Waals surface area contributed by atoms with Crippen LogP contribution >= 0.6 is 12.4 Å². The largest absolute Gasteiger partial charge is 0.334 e. The van der Waals surface area contributed by atoms with Crippen molar-refractivity contribution < 1.29 is 9.59 Å². The summed E-state index contributed by atoms with van der Waals surface area (Å²) in [6.45, 7) is 4.93. The quantitative estimate of drug-likeness (QED) is 0.601. The monoisotopic (exact) mass is 338 g/mol. The predicted octanol–water partition coefficient (Wildman–Crippen LogP) is 2.50. The maximum Gasteiger partial charge on any atom is 0.319 e. The van der Waals surface area contributed by atoms with Gasteiger partial charge in [0.05, 0.1) is 0 Å². The van der Waals surface area contributed by atoms with E-state index in [0.717, 1.165) is 25.1 Å². The molecule has 1 saturated heterocycles. The van der Waals surface area contributed by atoms with Gasteiger partial charge in [-0.15, -0.1) is 19.0 Å². The molecule has 0 spiro atoms. The summed E-state index contributed by atoms with van der Waals surface area (Å²) in [4.78, 5) is 23.4. The Morgan fingerprint density at radius 2 is 1.87 bits per heavy atom. The molecule has 6 nitrogen and oxygen atoms in total. The van der Waals surface area contributed by atoms with Gasteiger partial charge in [0.25, 0.3) is 0 Å². The van der Waals surface area contributed by atoms with Crippen molar-refractivity contribution in [3.8, 4) is 0 Å². The smallest absolute Gasteiger partial charge is 0.319 e. The van der Waals surface area contributed by atoms with E-state index in [9.17, 15) is 9.59 Å². The lowest BCUT2D eigenvalue weighted by Gasteiger charge is -2.11. The van der Waals surface area contributed by atoms with Gasteiger partial charge in [0.2, 0.25) is 5.91 Å². The summed E-state index contributed by atoms with van der Waals surface area (Å²) in [5.74, 6) is 0.00355. The molecule has 1 aromatic carbocycles. The summed E-state index contributed by atoms with van der Waals surface area (Å²) in [6, 6.07) is 7.03. The molecule has 1 aliphatic rings. The standard InChI is InChI=1S/C16H22N4O2.ClH/c1-2-9-18-16(22)20-13-7-5-12(6-8-13)19-15(21)11-14-4-3-10-17-14;/h2,5-8,14,17H,1,3-4,9-11H2,(H,19,21)(H2,18,20,22);1H. The van der Waals surface area contributed by atoms with E-state index in [1.54, 1.807) is 30.3 Å². The number of carbonyl (C=O) groups excluding carboxylic acids is 2. The van der Waals surface area contributed by atoms with E-state index >= 15 is 0 Å². The molecule has 1 atom stereocenters. The first-order valence-corrected chi connectivity index (χ1v) is 7.46. The molecule has 7 heteroatoms. The number of halogens is 1. The Kier molecular flexibility index (Phi) is 8.15. The third-order valence-corrected chi connectivity index (χ3v) is 3.43. The third kappa shape index (κ3) is 6.71. The van der Waals surface area contributed by atoms with Gasteiger partial charge >= 0.3 is 6.03 Å². The molecule has 0 saturated carbocycles. The van der Waals surface area contributed by atoms with Crippen molar-refractivity contribution in [1.82, 2.24) is 10.6 Å². The van der Waals surface area contributed by atoms with Gasteiger partial charge in [-0.3, -0.25) is 4.79 Å². The Labute approximate surface area is 142 Å². The van der Waals surface area contributed by atoms with Crippen LogP contribution in [0.15, 0.2) is 36.9 Å². The molecule has 4 N–H and O–H groups in total. The summed E-state index contributed by atoms with van der Waals surface area (Å²) in [6.07, 6.45) is 4.28. The van der Waals surface area contributed by atoms with E-state index in [1.807, 2.05) is 0 Å². The van der Waals surface area contributed by atoms with E-state index in [-0.39, 0.29) is 30.4 Å². The molecule has 1 aliphatic heterocycles. The molecule has 23 heavy (non-hydrogen) atoms. The molecule has 0 radical (unpaired) electrons. The number of urea groups is 1. The van der Waals surface area contributed by atoms with Crippen molar-refractivity contribution in [3.63, 3.8) is 0 Å². The van der Waals surface area contributed by atoms with Crippen LogP contribution < -0.4 is 21.3 Å². The second kappa shape index (κ2) is 9.86. The highest BCUT2D eigenvalue weighted by atomic mass is 35.5. The minimum Gasteiger partial charge on any atom is -0.334 e. The van der Waals surface area contributed by atoms with Gasteiger partial charge in [-0.2, -0.15) is 0 Å². The Morgan fingerprint density at radius 1 is 1.22 bits per heavy atom.